The van der Waals surface area contributed by atoms with E-state index < -0.39 is 0 Å². The molecule has 1 atom stereocenters. The van der Waals surface area contributed by atoms with E-state index in [-0.39, 0.29) is 6.04 Å². The number of nitrogens with one attached hydrogen (secondary N) is 1. The molecule has 0 aliphatic heterocycles. The van der Waals surface area contributed by atoms with Crippen LogP contribution in [0.5, 0.6) is 0 Å². The second kappa shape index (κ2) is 5.83. The van der Waals surface area contributed by atoms with Gasteiger partial charge in [0.15, 0.2) is 0 Å². The third kappa shape index (κ3) is 2.62. The van der Waals surface area contributed by atoms with Crippen molar-refractivity contribution in [3.8, 4) is 0 Å². The third-order valence-corrected chi connectivity index (χ3v) is 3.28. The predicted octanol–water partition coefficient (Wildman–Crippen LogP) is 2.68. The zero-order valence-electron chi connectivity index (χ0n) is 11.4. The number of benzene rings is 1. The molecule has 1 aromatic heterocycles. The van der Waals surface area contributed by atoms with Crippen molar-refractivity contribution >= 4 is 0 Å². The Kier molecular flexibility index (Phi) is 4.15. The van der Waals surface area contributed by atoms with E-state index in [4.69, 9.17) is 0 Å². The average Bonchev–Trinajstić information content (AvgIpc) is 2.82. The van der Waals surface area contributed by atoms with Crippen molar-refractivity contribution in [3.05, 3.63) is 53.6 Å². The van der Waals surface area contributed by atoms with Crippen molar-refractivity contribution in [1.82, 2.24) is 14.9 Å². The molecule has 0 aliphatic carbocycles. The van der Waals surface area contributed by atoms with E-state index in [1.807, 2.05) is 19.6 Å². The van der Waals surface area contributed by atoms with Gasteiger partial charge in [-0.05, 0) is 24.1 Å². The summed E-state index contributed by atoms with van der Waals surface area (Å²) in [5.74, 6) is 0. The van der Waals surface area contributed by atoms with Gasteiger partial charge in [0.2, 0.25) is 0 Å². The normalized spacial score (nSPS) is 12.6. The standard InChI is InChI=1S/C15H21N3/c1-4-12-6-8-13(9-7-12)15(17-5-2)14-10-16-11-18(14)3/h6-11,15,17H,4-5H2,1-3H3. The number of aryl methyl sites for hydroxylation is 2. The monoisotopic (exact) mass is 243 g/mol. The lowest BCUT2D eigenvalue weighted by atomic mass is 10.0. The highest BCUT2D eigenvalue weighted by atomic mass is 15.1. The Morgan fingerprint density at radius 2 is 1.94 bits per heavy atom. The molecule has 3 nitrogen and oxygen atoms in total. The molecule has 0 aliphatic rings. The van der Waals surface area contributed by atoms with Crippen LogP contribution in [-0.4, -0.2) is 16.1 Å². The summed E-state index contributed by atoms with van der Waals surface area (Å²) >= 11 is 0. The second-order valence-corrected chi connectivity index (χ2v) is 4.52. The molecule has 2 rings (SSSR count). The Bertz CT molecular complexity index is 485. The fourth-order valence-corrected chi connectivity index (χ4v) is 2.19. The van der Waals surface area contributed by atoms with Crippen LogP contribution in [0.15, 0.2) is 36.8 Å². The summed E-state index contributed by atoms with van der Waals surface area (Å²) in [7, 11) is 2.03. The molecule has 1 unspecified atom stereocenters. The first-order valence-corrected chi connectivity index (χ1v) is 6.54. The Morgan fingerprint density at radius 1 is 1.22 bits per heavy atom. The van der Waals surface area contributed by atoms with Gasteiger partial charge in [-0.25, -0.2) is 4.98 Å². The zero-order valence-corrected chi connectivity index (χ0v) is 11.4. The molecule has 96 valence electrons. The molecule has 18 heavy (non-hydrogen) atoms. The number of nitrogens with zero attached hydrogens (tertiary/aromatic N) is 2. The van der Waals surface area contributed by atoms with Crippen molar-refractivity contribution in [3.63, 3.8) is 0 Å². The van der Waals surface area contributed by atoms with Crippen LogP contribution < -0.4 is 5.32 Å². The lowest BCUT2D eigenvalue weighted by Crippen LogP contribution is -2.23. The van der Waals surface area contributed by atoms with Gasteiger partial charge in [-0.2, -0.15) is 0 Å². The maximum absolute atomic E-state index is 4.21. The summed E-state index contributed by atoms with van der Waals surface area (Å²) in [6.45, 7) is 5.24. The van der Waals surface area contributed by atoms with E-state index >= 15 is 0 Å². The summed E-state index contributed by atoms with van der Waals surface area (Å²) in [5, 5.41) is 3.52. The number of aromatic nitrogens is 2. The van der Waals surface area contributed by atoms with Gasteiger partial charge in [0.05, 0.1) is 24.3 Å². The Balaban J connectivity index is 2.32. The van der Waals surface area contributed by atoms with Gasteiger partial charge in [0, 0.05) is 7.05 Å². The number of hydrogen-bond donors (Lipinski definition) is 1. The highest BCUT2D eigenvalue weighted by Crippen LogP contribution is 2.21. The van der Waals surface area contributed by atoms with Gasteiger partial charge in [-0.3, -0.25) is 0 Å². The summed E-state index contributed by atoms with van der Waals surface area (Å²) in [6.07, 6.45) is 4.86. The van der Waals surface area contributed by atoms with Crippen molar-refractivity contribution in [2.45, 2.75) is 26.3 Å². The molecule has 0 amide bonds. The first-order valence-electron chi connectivity index (χ1n) is 6.54. The first kappa shape index (κ1) is 12.8. The smallest absolute Gasteiger partial charge is 0.0946 e. The number of imidazole rings is 1. The molecular weight excluding hydrogens is 222 g/mol. The quantitative estimate of drug-likeness (QED) is 0.875. The van der Waals surface area contributed by atoms with Gasteiger partial charge < -0.3 is 9.88 Å². The Morgan fingerprint density at radius 3 is 2.44 bits per heavy atom. The molecule has 0 saturated carbocycles. The highest BCUT2D eigenvalue weighted by Gasteiger charge is 2.15. The second-order valence-electron chi connectivity index (χ2n) is 4.52. The molecule has 1 heterocycles. The molecule has 0 radical (unpaired) electrons. The van der Waals surface area contributed by atoms with Crippen LogP contribution in [0.1, 0.15) is 36.7 Å². The van der Waals surface area contributed by atoms with Crippen LogP contribution >= 0.6 is 0 Å². The minimum absolute atomic E-state index is 0.216. The zero-order chi connectivity index (χ0) is 13.0. The van der Waals surface area contributed by atoms with E-state index in [1.165, 1.54) is 16.8 Å². The van der Waals surface area contributed by atoms with Crippen molar-refractivity contribution in [1.29, 1.82) is 0 Å². The molecule has 3 heteroatoms. The third-order valence-electron chi connectivity index (χ3n) is 3.28. The molecule has 0 fully saturated rings. The lowest BCUT2D eigenvalue weighted by Gasteiger charge is -2.19. The van der Waals surface area contributed by atoms with E-state index in [2.05, 4.69) is 53.0 Å². The number of rotatable bonds is 5. The van der Waals surface area contributed by atoms with Gasteiger partial charge in [0.1, 0.15) is 0 Å². The van der Waals surface area contributed by atoms with E-state index in [0.717, 1.165) is 13.0 Å². The van der Waals surface area contributed by atoms with Crippen LogP contribution in [0.25, 0.3) is 0 Å². The Labute approximate surface area is 109 Å². The van der Waals surface area contributed by atoms with Crippen molar-refractivity contribution in [2.24, 2.45) is 7.05 Å². The number of hydrogen-bond acceptors (Lipinski definition) is 2. The molecule has 0 bridgehead atoms. The molecular formula is C15H21N3. The molecule has 2 aromatic rings. The minimum atomic E-state index is 0.216. The molecule has 0 saturated heterocycles. The maximum atomic E-state index is 4.21. The maximum Gasteiger partial charge on any atom is 0.0946 e. The molecule has 0 spiro atoms. The topological polar surface area (TPSA) is 29.9 Å². The van der Waals surface area contributed by atoms with Crippen LogP contribution in [0, 0.1) is 0 Å². The van der Waals surface area contributed by atoms with E-state index in [9.17, 15) is 0 Å². The van der Waals surface area contributed by atoms with Gasteiger partial charge in [-0.15, -0.1) is 0 Å². The van der Waals surface area contributed by atoms with Crippen LogP contribution in [0.4, 0.5) is 0 Å². The minimum Gasteiger partial charge on any atom is -0.336 e. The molecule has 1 N–H and O–H groups in total. The molecule has 1 aromatic carbocycles. The predicted molar refractivity (Wildman–Crippen MR) is 74.5 cm³/mol. The summed E-state index contributed by atoms with van der Waals surface area (Å²) in [6, 6.07) is 9.04. The lowest BCUT2D eigenvalue weighted by molar-refractivity contribution is 0.593. The van der Waals surface area contributed by atoms with Crippen LogP contribution in [0.2, 0.25) is 0 Å². The van der Waals surface area contributed by atoms with E-state index in [0.29, 0.717) is 0 Å². The van der Waals surface area contributed by atoms with E-state index in [1.54, 1.807) is 0 Å². The SMILES string of the molecule is CCNC(c1ccc(CC)cc1)c1cncn1C. The Hall–Kier alpha value is -1.61. The summed E-state index contributed by atoms with van der Waals surface area (Å²) in [4.78, 5) is 4.21. The fraction of sp³-hybridized carbons (Fsp3) is 0.400. The van der Waals surface area contributed by atoms with Crippen LogP contribution in [0.3, 0.4) is 0 Å². The van der Waals surface area contributed by atoms with Crippen molar-refractivity contribution < 1.29 is 0 Å². The van der Waals surface area contributed by atoms with Crippen molar-refractivity contribution in [2.75, 3.05) is 6.54 Å². The summed E-state index contributed by atoms with van der Waals surface area (Å²) in [5.41, 5.74) is 3.86. The fourth-order valence-electron chi connectivity index (χ4n) is 2.19. The first-order chi connectivity index (χ1) is 8.76. The highest BCUT2D eigenvalue weighted by molar-refractivity contribution is 5.30. The summed E-state index contributed by atoms with van der Waals surface area (Å²) < 4.78 is 2.07. The average molecular weight is 243 g/mol. The van der Waals surface area contributed by atoms with Gasteiger partial charge in [0.25, 0.3) is 0 Å². The van der Waals surface area contributed by atoms with Gasteiger partial charge >= 0.3 is 0 Å². The largest absolute Gasteiger partial charge is 0.336 e. The van der Waals surface area contributed by atoms with Gasteiger partial charge in [-0.1, -0.05) is 38.1 Å². The van der Waals surface area contributed by atoms with Crippen LogP contribution in [-0.2, 0) is 13.5 Å².